The van der Waals surface area contributed by atoms with Crippen LogP contribution in [0.2, 0.25) is 0 Å². The van der Waals surface area contributed by atoms with Crippen LogP contribution in [0, 0.1) is 0 Å². The van der Waals surface area contributed by atoms with Crippen LogP contribution < -0.4 is 0 Å². The molecular weight excluding hydrogens is 136 g/mol. The monoisotopic (exact) mass is 148 g/mol. The Morgan fingerprint density at radius 2 is 1.50 bits per heavy atom. The summed E-state index contributed by atoms with van der Waals surface area (Å²) in [4.78, 5) is 0. The maximum atomic E-state index is 8.09. The van der Waals surface area contributed by atoms with Gasteiger partial charge in [-0.3, -0.25) is 0 Å². The second-order valence-corrected chi connectivity index (χ2v) is 1.06. The van der Waals surface area contributed by atoms with E-state index < -0.39 is 0 Å². The molecule has 0 aromatic heterocycles. The van der Waals surface area contributed by atoms with Crippen molar-refractivity contribution in [3.05, 3.63) is 0 Å². The van der Waals surface area contributed by atoms with Crippen molar-refractivity contribution in [1.82, 2.24) is 0 Å². The van der Waals surface area contributed by atoms with E-state index in [2.05, 4.69) is 4.74 Å². The molecule has 0 spiro atoms. The third-order valence-electron chi connectivity index (χ3n) is 0.471. The number of aliphatic hydroxyl groups is 2. The third kappa shape index (κ3) is 10.2. The van der Waals surface area contributed by atoms with Gasteiger partial charge in [0.15, 0.2) is 0 Å². The summed E-state index contributed by atoms with van der Waals surface area (Å²) in [6.45, 7) is 0.696. The Morgan fingerprint density at radius 1 is 1.12 bits per heavy atom. The van der Waals surface area contributed by atoms with Crippen molar-refractivity contribution in [1.29, 1.82) is 0 Å². The summed E-state index contributed by atoms with van der Waals surface area (Å²) in [5.74, 6) is 0. The molecule has 0 saturated carbocycles. The summed E-state index contributed by atoms with van der Waals surface area (Å²) in [6.07, 6.45) is 0. The third-order valence-corrected chi connectivity index (χ3v) is 0.471. The zero-order chi connectivity index (χ0) is 5.54. The fourth-order valence-corrected chi connectivity index (χ4v) is 0.231. The average Bonchev–Trinajstić information content (AvgIpc) is 1.69. The molecule has 8 heavy (non-hydrogen) atoms. The van der Waals surface area contributed by atoms with Crippen LogP contribution in [0.15, 0.2) is 0 Å². The first-order valence-corrected chi connectivity index (χ1v) is 2.21. The van der Waals surface area contributed by atoms with Crippen LogP contribution in [0.25, 0.3) is 0 Å². The Hall–Kier alpha value is 1.14. The van der Waals surface area contributed by atoms with Gasteiger partial charge in [-0.2, -0.15) is 0 Å². The van der Waals surface area contributed by atoms with Crippen LogP contribution in [0.5, 0.6) is 0 Å². The minimum Gasteiger partial charge on any atom is -1.00 e. The van der Waals surface area contributed by atoms with E-state index in [-0.39, 0.29) is 53.8 Å². The van der Waals surface area contributed by atoms with Crippen molar-refractivity contribution in [2.75, 3.05) is 26.4 Å². The van der Waals surface area contributed by atoms with E-state index in [1.165, 1.54) is 0 Å². The van der Waals surface area contributed by atoms with Gasteiger partial charge in [0.1, 0.15) is 0 Å². The van der Waals surface area contributed by atoms with Gasteiger partial charge >= 0.3 is 37.7 Å². The van der Waals surface area contributed by atoms with Gasteiger partial charge < -0.3 is 17.8 Å². The van der Waals surface area contributed by atoms with Crippen LogP contribution >= 0.6 is 0 Å². The molecule has 4 heteroatoms. The maximum absolute atomic E-state index is 8.09. The molecule has 0 radical (unpaired) electrons. The molecule has 0 amide bonds. The largest absolute Gasteiger partial charge is 2.00 e. The first kappa shape index (κ1) is 11.9. The SMILES string of the molecule is OCCOCCO.[Ca+2].[H-].[H-]. The first-order chi connectivity index (χ1) is 3.41. The first-order valence-electron chi connectivity index (χ1n) is 2.21. The predicted molar refractivity (Wildman–Crippen MR) is 33.0 cm³/mol. The summed E-state index contributed by atoms with van der Waals surface area (Å²) >= 11 is 0. The summed E-state index contributed by atoms with van der Waals surface area (Å²) in [5, 5.41) is 16.2. The van der Waals surface area contributed by atoms with Gasteiger partial charge in [-0.05, 0) is 0 Å². The van der Waals surface area contributed by atoms with Crippen LogP contribution in [-0.4, -0.2) is 74.4 Å². The molecule has 0 aliphatic heterocycles. The van der Waals surface area contributed by atoms with E-state index in [0.29, 0.717) is 13.2 Å². The molecule has 0 atom stereocenters. The van der Waals surface area contributed by atoms with Gasteiger partial charge in [0.05, 0.1) is 26.4 Å². The van der Waals surface area contributed by atoms with Crippen molar-refractivity contribution < 1.29 is 17.8 Å². The van der Waals surface area contributed by atoms with Gasteiger partial charge in [-0.1, -0.05) is 0 Å². The van der Waals surface area contributed by atoms with E-state index in [1.54, 1.807) is 0 Å². The minimum atomic E-state index is 0. The normalized spacial score (nSPS) is 8.25. The van der Waals surface area contributed by atoms with Gasteiger partial charge in [0.25, 0.3) is 0 Å². The standard InChI is InChI=1S/C4H10O3.Ca.2H/c5-1-3-7-4-2-6;;;/h5-6H,1-4H2;;;/q;+2;2*-1. The molecule has 0 saturated heterocycles. The smallest absolute Gasteiger partial charge is 1.00 e. The zero-order valence-corrected chi connectivity index (χ0v) is 7.05. The molecule has 3 nitrogen and oxygen atoms in total. The minimum absolute atomic E-state index is 0. The number of ether oxygens (including phenoxy) is 1. The molecule has 0 rings (SSSR count). The summed E-state index contributed by atoms with van der Waals surface area (Å²) in [7, 11) is 0. The maximum Gasteiger partial charge on any atom is 2.00 e. The van der Waals surface area contributed by atoms with E-state index in [4.69, 9.17) is 10.2 Å². The van der Waals surface area contributed by atoms with Crippen molar-refractivity contribution >= 4 is 37.7 Å². The molecule has 0 fully saturated rings. The fourth-order valence-electron chi connectivity index (χ4n) is 0.231. The number of hydrogen-bond donors (Lipinski definition) is 2. The van der Waals surface area contributed by atoms with Crippen molar-refractivity contribution in [3.8, 4) is 0 Å². The van der Waals surface area contributed by atoms with Crippen molar-refractivity contribution in [2.24, 2.45) is 0 Å². The predicted octanol–water partition coefficient (Wildman–Crippen LogP) is -1.17. The molecule has 0 aromatic carbocycles. The average molecular weight is 148 g/mol. The van der Waals surface area contributed by atoms with Crippen molar-refractivity contribution in [2.45, 2.75) is 0 Å². The van der Waals surface area contributed by atoms with Gasteiger partial charge in [0, 0.05) is 0 Å². The Bertz CT molecular complexity index is 37.7. The molecule has 48 valence electrons. The van der Waals surface area contributed by atoms with E-state index in [0.717, 1.165) is 0 Å². The van der Waals surface area contributed by atoms with Crippen molar-refractivity contribution in [3.63, 3.8) is 0 Å². The molecule has 0 unspecified atom stereocenters. The molecule has 0 aliphatic rings. The van der Waals surface area contributed by atoms with Crippen LogP contribution in [0.1, 0.15) is 2.85 Å². The zero-order valence-electron chi connectivity index (χ0n) is 6.84. The Balaban J connectivity index is -0.0000000600. The van der Waals surface area contributed by atoms with Crippen LogP contribution in [0.3, 0.4) is 0 Å². The Labute approximate surface area is 81.6 Å². The van der Waals surface area contributed by atoms with Gasteiger partial charge in [0.2, 0.25) is 0 Å². The topological polar surface area (TPSA) is 49.7 Å². The van der Waals surface area contributed by atoms with E-state index in [9.17, 15) is 0 Å². The Morgan fingerprint density at radius 3 is 1.75 bits per heavy atom. The second-order valence-electron chi connectivity index (χ2n) is 1.06. The summed E-state index contributed by atoms with van der Waals surface area (Å²) < 4.78 is 4.63. The molecule has 0 heterocycles. The fraction of sp³-hybridized carbons (Fsp3) is 1.00. The van der Waals surface area contributed by atoms with E-state index in [1.807, 2.05) is 0 Å². The molecule has 2 N–H and O–H groups in total. The van der Waals surface area contributed by atoms with Gasteiger partial charge in [-0.15, -0.1) is 0 Å². The van der Waals surface area contributed by atoms with Gasteiger partial charge in [-0.25, -0.2) is 0 Å². The number of hydrogen-bond acceptors (Lipinski definition) is 3. The van der Waals surface area contributed by atoms with E-state index >= 15 is 0 Å². The quantitative estimate of drug-likeness (QED) is 0.390. The molecule has 0 bridgehead atoms. The van der Waals surface area contributed by atoms with Crippen LogP contribution in [-0.2, 0) is 4.74 Å². The molecule has 0 aliphatic carbocycles. The molecule has 0 aromatic rings. The molecular formula is C4H12CaO3. The Kier molecular flexibility index (Phi) is 16.3. The second kappa shape index (κ2) is 11.0. The van der Waals surface area contributed by atoms with Crippen LogP contribution in [0.4, 0.5) is 0 Å². The summed E-state index contributed by atoms with van der Waals surface area (Å²) in [5.41, 5.74) is 0. The number of rotatable bonds is 4. The summed E-state index contributed by atoms with van der Waals surface area (Å²) in [6, 6.07) is 0. The number of aliphatic hydroxyl groups excluding tert-OH is 2.